The van der Waals surface area contributed by atoms with Crippen LogP contribution in [-0.4, -0.2) is 127 Å². The number of nitrogens with two attached hydrogens (primary N) is 1. The van der Waals surface area contributed by atoms with E-state index in [4.69, 9.17) is 49.1 Å². The molecule has 0 fully saturated rings. The topological polar surface area (TPSA) is 206 Å². The molecule has 0 saturated heterocycles. The third kappa shape index (κ3) is 18.3. The number of hydrogen-bond donors (Lipinski definition) is 5. The maximum Gasteiger partial charge on any atom is 0.411 e. The van der Waals surface area contributed by atoms with Gasteiger partial charge in [-0.3, -0.25) is 10.1 Å². The number of aromatic carboxylic acids is 1. The summed E-state index contributed by atoms with van der Waals surface area (Å²) in [5.41, 5.74) is 7.88. The van der Waals surface area contributed by atoms with Crippen LogP contribution >= 0.6 is 0 Å². The van der Waals surface area contributed by atoms with Crippen LogP contribution in [0.25, 0.3) is 0 Å². The van der Waals surface area contributed by atoms with E-state index in [2.05, 4.69) is 10.6 Å². The van der Waals surface area contributed by atoms with Crippen molar-refractivity contribution in [1.82, 2.24) is 0 Å². The first-order valence-corrected chi connectivity index (χ1v) is 14.9. The second-order valence-corrected chi connectivity index (χ2v) is 9.54. The lowest BCUT2D eigenvalue weighted by molar-refractivity contribution is -0.117. The van der Waals surface area contributed by atoms with E-state index in [1.165, 1.54) is 24.3 Å². The minimum atomic E-state index is -1.05. The van der Waals surface area contributed by atoms with Gasteiger partial charge in [-0.15, -0.1) is 0 Å². The summed E-state index contributed by atoms with van der Waals surface area (Å²) in [5.74, 6) is -1.46. The van der Waals surface area contributed by atoms with E-state index >= 15 is 0 Å². The standard InChI is InChI=1S/C31H45N3O12/c32-28(29(36)33-26-7-3-25(4-8-26)30(37)38)23-24-1-5-27(6-2-24)34-31(39)46-22-21-45-20-19-44-18-17-43-16-15-42-14-13-41-12-11-40-10-9-35/h1-8,28,35H,9-23,32H2,(H,33,36)(H,34,39)(H,37,38)/t28-/m0/s1. The second kappa shape index (κ2) is 24.5. The molecule has 0 saturated carbocycles. The second-order valence-electron chi connectivity index (χ2n) is 9.54. The lowest BCUT2D eigenvalue weighted by Gasteiger charge is -2.13. The SMILES string of the molecule is N[C@@H](Cc1ccc(NC(=O)OCCOCCOCCOCCOCCOCCOCCO)cc1)C(=O)Nc1ccc(C(=O)O)cc1. The van der Waals surface area contributed by atoms with Crippen molar-refractivity contribution in [3.05, 3.63) is 59.7 Å². The summed E-state index contributed by atoms with van der Waals surface area (Å²) in [6.07, 6.45) is -0.371. The zero-order valence-electron chi connectivity index (χ0n) is 25.9. The van der Waals surface area contributed by atoms with E-state index in [1.54, 1.807) is 24.3 Å². The van der Waals surface area contributed by atoms with Gasteiger partial charge in [0.2, 0.25) is 5.91 Å². The zero-order chi connectivity index (χ0) is 33.2. The number of benzene rings is 2. The molecule has 2 amide bonds. The first kappa shape index (κ1) is 38.5. The number of amides is 2. The van der Waals surface area contributed by atoms with Crippen molar-refractivity contribution in [2.24, 2.45) is 5.73 Å². The zero-order valence-corrected chi connectivity index (χ0v) is 25.9. The minimum Gasteiger partial charge on any atom is -0.478 e. The van der Waals surface area contributed by atoms with Gasteiger partial charge in [-0.1, -0.05) is 12.1 Å². The Kier molecular flexibility index (Phi) is 20.6. The Morgan fingerprint density at radius 3 is 1.48 bits per heavy atom. The number of rotatable bonds is 26. The first-order valence-electron chi connectivity index (χ1n) is 14.9. The summed E-state index contributed by atoms with van der Waals surface area (Å²) in [5, 5.41) is 22.8. The molecule has 15 nitrogen and oxygen atoms in total. The van der Waals surface area contributed by atoms with Gasteiger partial charge in [0.25, 0.3) is 0 Å². The fourth-order valence-corrected chi connectivity index (χ4v) is 3.62. The van der Waals surface area contributed by atoms with E-state index in [0.717, 1.165) is 5.56 Å². The van der Waals surface area contributed by atoms with Crippen molar-refractivity contribution < 1.29 is 57.8 Å². The maximum absolute atomic E-state index is 12.4. The molecule has 0 unspecified atom stereocenters. The molecule has 0 aliphatic carbocycles. The molecule has 2 aromatic carbocycles. The number of anilines is 2. The largest absolute Gasteiger partial charge is 0.478 e. The normalized spacial score (nSPS) is 11.6. The number of carboxylic acids is 1. The first-order chi connectivity index (χ1) is 22.4. The predicted octanol–water partition coefficient (Wildman–Crippen LogP) is 1.53. The molecule has 15 heteroatoms. The Bertz CT molecular complexity index is 1120. The average Bonchev–Trinajstić information content (AvgIpc) is 3.05. The lowest BCUT2D eigenvalue weighted by Crippen LogP contribution is -2.37. The smallest absolute Gasteiger partial charge is 0.411 e. The van der Waals surface area contributed by atoms with Gasteiger partial charge >= 0.3 is 12.1 Å². The fraction of sp³-hybridized carbons (Fsp3) is 0.516. The summed E-state index contributed by atoms with van der Waals surface area (Å²) >= 11 is 0. The number of hydrogen-bond acceptors (Lipinski definition) is 12. The molecule has 0 aliphatic heterocycles. The van der Waals surface area contributed by atoms with Crippen LogP contribution in [0.1, 0.15) is 15.9 Å². The molecular weight excluding hydrogens is 606 g/mol. The van der Waals surface area contributed by atoms with Crippen LogP contribution < -0.4 is 16.4 Å². The quantitative estimate of drug-likeness (QED) is 0.0917. The van der Waals surface area contributed by atoms with Gasteiger partial charge in [-0.25, -0.2) is 9.59 Å². The summed E-state index contributed by atoms with van der Waals surface area (Å²) < 4.78 is 37.1. The number of aliphatic hydroxyl groups is 1. The van der Waals surface area contributed by atoms with Crippen molar-refractivity contribution in [3.8, 4) is 0 Å². The van der Waals surface area contributed by atoms with E-state index in [0.29, 0.717) is 84.1 Å². The van der Waals surface area contributed by atoms with Crippen LogP contribution in [0.5, 0.6) is 0 Å². The lowest BCUT2D eigenvalue weighted by atomic mass is 10.1. The molecule has 0 spiro atoms. The molecule has 256 valence electrons. The molecule has 0 heterocycles. The van der Waals surface area contributed by atoms with Crippen LogP contribution in [-0.2, 0) is 44.4 Å². The van der Waals surface area contributed by atoms with E-state index in [9.17, 15) is 14.4 Å². The van der Waals surface area contributed by atoms with Crippen molar-refractivity contribution in [3.63, 3.8) is 0 Å². The fourth-order valence-electron chi connectivity index (χ4n) is 3.62. The predicted molar refractivity (Wildman–Crippen MR) is 167 cm³/mol. The van der Waals surface area contributed by atoms with Gasteiger partial charge in [-0.05, 0) is 48.4 Å². The highest BCUT2D eigenvalue weighted by Gasteiger charge is 2.15. The molecular formula is C31H45N3O12. The van der Waals surface area contributed by atoms with Crippen molar-refractivity contribution in [2.45, 2.75) is 12.5 Å². The highest BCUT2D eigenvalue weighted by molar-refractivity contribution is 5.95. The molecule has 0 radical (unpaired) electrons. The number of nitrogens with one attached hydrogen (secondary N) is 2. The van der Waals surface area contributed by atoms with Crippen LogP contribution in [0.2, 0.25) is 0 Å². The van der Waals surface area contributed by atoms with E-state index in [1.807, 2.05) is 0 Å². The van der Waals surface area contributed by atoms with Gasteiger partial charge in [0.15, 0.2) is 0 Å². The maximum atomic E-state index is 12.4. The Labute approximate surface area is 268 Å². The molecule has 0 bridgehead atoms. The molecule has 1 atom stereocenters. The van der Waals surface area contributed by atoms with Gasteiger partial charge in [0.05, 0.1) is 97.5 Å². The summed E-state index contributed by atoms with van der Waals surface area (Å²) in [6, 6.07) is 11.8. The van der Waals surface area contributed by atoms with Crippen molar-refractivity contribution in [2.75, 3.05) is 103 Å². The number of carbonyl (C=O) groups is 3. The highest BCUT2D eigenvalue weighted by Crippen LogP contribution is 2.13. The Morgan fingerprint density at radius 2 is 1.02 bits per heavy atom. The van der Waals surface area contributed by atoms with E-state index in [-0.39, 0.29) is 31.8 Å². The Morgan fingerprint density at radius 1 is 0.609 bits per heavy atom. The van der Waals surface area contributed by atoms with Crippen LogP contribution in [0.4, 0.5) is 16.2 Å². The molecule has 46 heavy (non-hydrogen) atoms. The van der Waals surface area contributed by atoms with Crippen LogP contribution in [0, 0.1) is 0 Å². The third-order valence-corrected chi connectivity index (χ3v) is 5.95. The number of aliphatic hydroxyl groups excluding tert-OH is 1. The van der Waals surface area contributed by atoms with Gasteiger partial charge in [0.1, 0.15) is 6.61 Å². The molecule has 6 N–H and O–H groups in total. The number of ether oxygens (including phenoxy) is 7. The summed E-state index contributed by atoms with van der Waals surface area (Å²) in [6.45, 7) is 4.91. The minimum absolute atomic E-state index is 0.00377. The van der Waals surface area contributed by atoms with Crippen LogP contribution in [0.15, 0.2) is 48.5 Å². The molecule has 2 rings (SSSR count). The van der Waals surface area contributed by atoms with Gasteiger partial charge in [0, 0.05) is 11.4 Å². The third-order valence-electron chi connectivity index (χ3n) is 5.95. The van der Waals surface area contributed by atoms with E-state index < -0.39 is 24.0 Å². The Hall–Kier alpha value is -3.67. The van der Waals surface area contributed by atoms with Gasteiger partial charge in [-0.2, -0.15) is 0 Å². The van der Waals surface area contributed by atoms with Crippen molar-refractivity contribution >= 4 is 29.3 Å². The summed E-state index contributed by atoms with van der Waals surface area (Å²) in [4.78, 5) is 35.4. The molecule has 0 aliphatic rings. The monoisotopic (exact) mass is 651 g/mol. The Balaban J connectivity index is 1.42. The highest BCUT2D eigenvalue weighted by atomic mass is 16.6. The van der Waals surface area contributed by atoms with Crippen molar-refractivity contribution in [1.29, 1.82) is 0 Å². The number of carbonyl (C=O) groups excluding carboxylic acids is 2. The van der Waals surface area contributed by atoms with Crippen LogP contribution in [0.3, 0.4) is 0 Å². The average molecular weight is 652 g/mol. The van der Waals surface area contributed by atoms with Gasteiger partial charge < -0.3 is 54.4 Å². The molecule has 2 aromatic rings. The number of carboxylic acid groups (broad SMARTS) is 1. The molecule has 0 aromatic heterocycles. The summed E-state index contributed by atoms with van der Waals surface area (Å²) in [7, 11) is 0.